The molecule has 1 atom stereocenters. The predicted octanol–water partition coefficient (Wildman–Crippen LogP) is 4.05. The molecule has 0 aliphatic carbocycles. The van der Waals surface area contributed by atoms with Gasteiger partial charge >= 0.3 is 5.97 Å². The van der Waals surface area contributed by atoms with Crippen LogP contribution in [0.3, 0.4) is 0 Å². The number of thioether (sulfide) groups is 1. The SMILES string of the molecule is CCC(C)(Sc1ccc(-c2nc(C=O)c(C)n2CCCOC)cc1)C(=O)O. The normalized spacial score (nSPS) is 13.3. The summed E-state index contributed by atoms with van der Waals surface area (Å²) in [6, 6.07) is 7.65. The zero-order valence-corrected chi connectivity index (χ0v) is 17.0. The molecule has 7 heteroatoms. The summed E-state index contributed by atoms with van der Waals surface area (Å²) in [5.41, 5.74) is 2.16. The van der Waals surface area contributed by atoms with Crippen LogP contribution >= 0.6 is 11.8 Å². The number of hydrogen-bond acceptors (Lipinski definition) is 5. The number of benzene rings is 1. The van der Waals surface area contributed by atoms with Gasteiger partial charge in [-0.05, 0) is 38.8 Å². The smallest absolute Gasteiger partial charge is 0.319 e. The molecule has 0 radical (unpaired) electrons. The maximum atomic E-state index is 11.5. The summed E-state index contributed by atoms with van der Waals surface area (Å²) in [4.78, 5) is 28.2. The van der Waals surface area contributed by atoms with E-state index in [9.17, 15) is 14.7 Å². The van der Waals surface area contributed by atoms with Crippen molar-refractivity contribution in [1.29, 1.82) is 0 Å². The van der Waals surface area contributed by atoms with Gasteiger partial charge in [-0.25, -0.2) is 4.98 Å². The number of aliphatic carboxylic acids is 1. The molecule has 1 aromatic carbocycles. The Morgan fingerprint density at radius 3 is 2.56 bits per heavy atom. The predicted molar refractivity (Wildman–Crippen MR) is 106 cm³/mol. The van der Waals surface area contributed by atoms with Gasteiger partial charge in [-0.3, -0.25) is 9.59 Å². The van der Waals surface area contributed by atoms with Gasteiger partial charge in [-0.2, -0.15) is 0 Å². The number of nitrogens with zero attached hydrogens (tertiary/aromatic N) is 2. The zero-order valence-electron chi connectivity index (χ0n) is 16.2. The maximum Gasteiger partial charge on any atom is 0.319 e. The average Bonchev–Trinajstić information content (AvgIpc) is 2.98. The second-order valence-corrected chi connectivity index (χ2v) is 8.11. The van der Waals surface area contributed by atoms with Crippen molar-refractivity contribution in [3.63, 3.8) is 0 Å². The van der Waals surface area contributed by atoms with Gasteiger partial charge < -0.3 is 14.4 Å². The summed E-state index contributed by atoms with van der Waals surface area (Å²) < 4.78 is 6.29. The highest BCUT2D eigenvalue weighted by Gasteiger charge is 2.32. The van der Waals surface area contributed by atoms with E-state index in [1.807, 2.05) is 42.7 Å². The number of carboxylic acids is 1. The zero-order chi connectivity index (χ0) is 20.0. The highest BCUT2D eigenvalue weighted by atomic mass is 32.2. The highest BCUT2D eigenvalue weighted by Crippen LogP contribution is 2.36. The molecule has 0 saturated carbocycles. The first-order chi connectivity index (χ1) is 12.9. The molecule has 0 aliphatic heterocycles. The average molecular weight is 391 g/mol. The lowest BCUT2D eigenvalue weighted by atomic mass is 10.1. The van der Waals surface area contributed by atoms with E-state index in [1.165, 1.54) is 11.8 Å². The molecule has 27 heavy (non-hydrogen) atoms. The molecule has 1 unspecified atom stereocenters. The van der Waals surface area contributed by atoms with Gasteiger partial charge in [-0.1, -0.05) is 19.1 Å². The monoisotopic (exact) mass is 390 g/mol. The number of imidazole rings is 1. The summed E-state index contributed by atoms with van der Waals surface area (Å²) in [7, 11) is 1.66. The summed E-state index contributed by atoms with van der Waals surface area (Å²) >= 11 is 1.34. The quantitative estimate of drug-likeness (QED) is 0.374. The Morgan fingerprint density at radius 2 is 2.04 bits per heavy atom. The first-order valence-corrected chi connectivity index (χ1v) is 9.72. The molecule has 0 aliphatic rings. The van der Waals surface area contributed by atoms with Crippen molar-refractivity contribution < 1.29 is 19.4 Å². The first-order valence-electron chi connectivity index (χ1n) is 8.90. The fraction of sp³-hybridized carbons (Fsp3) is 0.450. The molecular formula is C20H26N2O4S. The number of carboxylic acid groups (broad SMARTS) is 1. The summed E-state index contributed by atoms with van der Waals surface area (Å²) in [6.45, 7) is 6.83. The second kappa shape index (κ2) is 9.19. The number of aldehydes is 1. The molecule has 1 heterocycles. The van der Waals surface area contributed by atoms with Crippen molar-refractivity contribution in [3.05, 3.63) is 35.7 Å². The van der Waals surface area contributed by atoms with Crippen molar-refractivity contribution in [3.8, 4) is 11.4 Å². The molecule has 1 aromatic heterocycles. The number of carbonyl (C=O) groups is 2. The van der Waals surface area contributed by atoms with Crippen molar-refractivity contribution in [2.24, 2.45) is 0 Å². The fourth-order valence-corrected chi connectivity index (χ4v) is 3.75. The lowest BCUT2D eigenvalue weighted by Crippen LogP contribution is -2.30. The number of methoxy groups -OCH3 is 1. The minimum absolute atomic E-state index is 0.435. The van der Waals surface area contributed by atoms with E-state index in [0.717, 1.165) is 34.7 Å². The van der Waals surface area contributed by atoms with Crippen LogP contribution in [-0.4, -0.2) is 45.4 Å². The van der Waals surface area contributed by atoms with Crippen LogP contribution in [0.4, 0.5) is 0 Å². The third kappa shape index (κ3) is 4.78. The van der Waals surface area contributed by atoms with Crippen molar-refractivity contribution in [2.45, 2.75) is 49.8 Å². The Bertz CT molecular complexity index is 801. The van der Waals surface area contributed by atoms with E-state index in [0.29, 0.717) is 25.3 Å². The lowest BCUT2D eigenvalue weighted by molar-refractivity contribution is -0.139. The molecular weight excluding hydrogens is 364 g/mol. The Kier molecular flexibility index (Phi) is 7.21. The third-order valence-corrected chi connectivity index (χ3v) is 6.10. The van der Waals surface area contributed by atoms with Crippen LogP contribution in [0.2, 0.25) is 0 Å². The van der Waals surface area contributed by atoms with E-state index in [2.05, 4.69) is 4.98 Å². The van der Waals surface area contributed by atoms with Crippen molar-refractivity contribution in [1.82, 2.24) is 9.55 Å². The van der Waals surface area contributed by atoms with E-state index in [1.54, 1.807) is 14.0 Å². The fourth-order valence-electron chi connectivity index (χ4n) is 2.72. The lowest BCUT2D eigenvalue weighted by Gasteiger charge is -2.22. The van der Waals surface area contributed by atoms with E-state index in [4.69, 9.17) is 4.74 Å². The number of hydrogen-bond donors (Lipinski definition) is 1. The van der Waals surface area contributed by atoms with Crippen LogP contribution < -0.4 is 0 Å². The Hall–Kier alpha value is -2.12. The first kappa shape index (κ1) is 21.2. The molecule has 1 N–H and O–H groups in total. The van der Waals surface area contributed by atoms with Gasteiger partial charge in [0.1, 0.15) is 16.3 Å². The summed E-state index contributed by atoms with van der Waals surface area (Å²) in [5, 5.41) is 9.45. The van der Waals surface area contributed by atoms with Gasteiger partial charge in [-0.15, -0.1) is 11.8 Å². The summed E-state index contributed by atoms with van der Waals surface area (Å²) in [6.07, 6.45) is 2.12. The Labute approximate surface area is 163 Å². The van der Waals surface area contributed by atoms with Crippen LogP contribution in [0, 0.1) is 6.92 Å². The molecule has 0 bridgehead atoms. The minimum atomic E-state index is -0.860. The molecule has 146 valence electrons. The number of ether oxygens (including phenoxy) is 1. The van der Waals surface area contributed by atoms with Crippen molar-refractivity contribution >= 4 is 24.0 Å². The van der Waals surface area contributed by atoms with Crippen molar-refractivity contribution in [2.75, 3.05) is 13.7 Å². The molecule has 0 spiro atoms. The Morgan fingerprint density at radius 1 is 1.37 bits per heavy atom. The van der Waals surface area contributed by atoms with Crippen LogP contribution in [0.1, 0.15) is 42.9 Å². The van der Waals surface area contributed by atoms with Crippen LogP contribution in [0.5, 0.6) is 0 Å². The summed E-state index contributed by atoms with van der Waals surface area (Å²) in [5.74, 6) is -0.0854. The molecule has 0 fully saturated rings. The van der Waals surface area contributed by atoms with Gasteiger partial charge in [0.2, 0.25) is 0 Å². The molecule has 2 aromatic rings. The van der Waals surface area contributed by atoms with Crippen LogP contribution in [0.15, 0.2) is 29.2 Å². The van der Waals surface area contributed by atoms with E-state index < -0.39 is 10.7 Å². The molecule has 0 amide bonds. The standard InChI is InChI=1S/C20H26N2O4S/c1-5-20(3,19(24)25)27-16-9-7-15(8-10-16)18-21-17(13-23)14(2)22(18)11-6-12-26-4/h7-10,13H,5-6,11-12H2,1-4H3,(H,24,25). The highest BCUT2D eigenvalue weighted by molar-refractivity contribution is 8.01. The van der Waals surface area contributed by atoms with Gasteiger partial charge in [0.25, 0.3) is 0 Å². The van der Waals surface area contributed by atoms with Gasteiger partial charge in [0, 0.05) is 36.4 Å². The molecule has 6 nitrogen and oxygen atoms in total. The number of rotatable bonds is 10. The topological polar surface area (TPSA) is 81.4 Å². The second-order valence-electron chi connectivity index (χ2n) is 6.54. The number of carbonyl (C=O) groups excluding carboxylic acids is 1. The molecule has 2 rings (SSSR count). The minimum Gasteiger partial charge on any atom is -0.480 e. The van der Waals surface area contributed by atoms with Gasteiger partial charge in [0.15, 0.2) is 6.29 Å². The van der Waals surface area contributed by atoms with E-state index in [-0.39, 0.29) is 0 Å². The maximum absolute atomic E-state index is 11.5. The van der Waals surface area contributed by atoms with Crippen LogP contribution in [0.25, 0.3) is 11.4 Å². The third-order valence-electron chi connectivity index (χ3n) is 4.68. The van der Waals surface area contributed by atoms with E-state index >= 15 is 0 Å². The van der Waals surface area contributed by atoms with Gasteiger partial charge in [0.05, 0.1) is 0 Å². The number of aromatic nitrogens is 2. The largest absolute Gasteiger partial charge is 0.480 e. The molecule has 0 saturated heterocycles. The Balaban J connectivity index is 2.31. The van der Waals surface area contributed by atoms with Crippen LogP contribution in [-0.2, 0) is 16.1 Å².